The molecule has 0 spiro atoms. The molecule has 1 aliphatic rings. The second-order valence-corrected chi connectivity index (χ2v) is 7.39. The Labute approximate surface area is 138 Å². The Morgan fingerprint density at radius 2 is 2.36 bits per heavy atom. The Kier molecular flexibility index (Phi) is 5.07. The van der Waals surface area contributed by atoms with E-state index >= 15 is 0 Å². The Bertz CT molecular complexity index is 585. The van der Waals surface area contributed by atoms with Crippen molar-refractivity contribution in [2.45, 2.75) is 18.9 Å². The van der Waals surface area contributed by atoms with Gasteiger partial charge in [0.2, 0.25) is 0 Å². The van der Waals surface area contributed by atoms with Crippen molar-refractivity contribution in [1.29, 1.82) is 0 Å². The third kappa shape index (κ3) is 3.66. The van der Waals surface area contributed by atoms with Gasteiger partial charge in [-0.25, -0.2) is 9.78 Å². The molecule has 1 aliphatic heterocycles. The van der Waals surface area contributed by atoms with E-state index in [-0.39, 0.29) is 6.03 Å². The van der Waals surface area contributed by atoms with Gasteiger partial charge in [-0.2, -0.15) is 0 Å². The van der Waals surface area contributed by atoms with Gasteiger partial charge in [0.25, 0.3) is 0 Å². The van der Waals surface area contributed by atoms with Gasteiger partial charge >= 0.3 is 6.03 Å². The van der Waals surface area contributed by atoms with Crippen LogP contribution in [0.4, 0.5) is 9.93 Å². The lowest BCUT2D eigenvalue weighted by Crippen LogP contribution is -2.42. The van der Waals surface area contributed by atoms with Crippen molar-refractivity contribution in [2.24, 2.45) is 5.92 Å². The summed E-state index contributed by atoms with van der Waals surface area (Å²) < 4.78 is 0. The van der Waals surface area contributed by atoms with Gasteiger partial charge in [0, 0.05) is 29.0 Å². The summed E-state index contributed by atoms with van der Waals surface area (Å²) in [6, 6.07) is 4.52. The van der Waals surface area contributed by atoms with E-state index < -0.39 is 0 Å². The molecule has 7 heteroatoms. The van der Waals surface area contributed by atoms with E-state index in [2.05, 4.69) is 45.1 Å². The number of nitrogens with one attached hydrogen (secondary N) is 2. The van der Waals surface area contributed by atoms with Gasteiger partial charge in [-0.1, -0.05) is 6.07 Å². The van der Waals surface area contributed by atoms with Gasteiger partial charge in [0.1, 0.15) is 0 Å². The average Bonchev–Trinajstić information content (AvgIpc) is 3.18. The Morgan fingerprint density at radius 3 is 3.09 bits per heavy atom. The highest BCUT2D eigenvalue weighted by Gasteiger charge is 2.31. The predicted octanol–water partition coefficient (Wildman–Crippen LogP) is 3.41. The molecular weight excluding hydrogens is 316 g/mol. The molecule has 3 rings (SSSR count). The zero-order valence-electron chi connectivity index (χ0n) is 12.5. The average molecular weight is 336 g/mol. The quantitative estimate of drug-likeness (QED) is 0.899. The summed E-state index contributed by atoms with van der Waals surface area (Å²) in [5.41, 5.74) is 0. The number of piperidine rings is 1. The highest BCUT2D eigenvalue weighted by Crippen LogP contribution is 2.36. The second-order valence-electron chi connectivity index (χ2n) is 5.52. The van der Waals surface area contributed by atoms with Crippen molar-refractivity contribution in [3.05, 3.63) is 34.0 Å². The van der Waals surface area contributed by atoms with E-state index in [9.17, 15) is 4.79 Å². The van der Waals surface area contributed by atoms with Crippen LogP contribution in [0.3, 0.4) is 0 Å². The summed E-state index contributed by atoms with van der Waals surface area (Å²) >= 11 is 3.22. The molecule has 1 fully saturated rings. The van der Waals surface area contributed by atoms with Crippen LogP contribution in [0.2, 0.25) is 0 Å². The molecule has 118 valence electrons. The zero-order valence-corrected chi connectivity index (χ0v) is 14.1. The first kappa shape index (κ1) is 15.5. The Balaban J connectivity index is 1.58. The first-order chi connectivity index (χ1) is 10.7. The normalized spacial score (nSPS) is 22.4. The standard InChI is InChI=1S/C15H20N4OS2/c1-19-7-2-4-11(13(19)12-5-3-8-21-12)10-17-14(20)18-15-16-6-9-22-15/h3,5-6,8-9,11,13H,2,4,7,10H2,1H3,(H2,16,17,18,20)/t11-,13+/m1/s1. The molecule has 2 aromatic rings. The molecule has 0 unspecified atom stereocenters. The highest BCUT2D eigenvalue weighted by atomic mass is 32.1. The van der Waals surface area contributed by atoms with Crippen LogP contribution >= 0.6 is 22.7 Å². The minimum absolute atomic E-state index is 0.173. The maximum Gasteiger partial charge on any atom is 0.321 e. The molecule has 2 aromatic heterocycles. The molecule has 5 nitrogen and oxygen atoms in total. The number of urea groups is 1. The number of nitrogens with zero attached hydrogens (tertiary/aromatic N) is 2. The van der Waals surface area contributed by atoms with Crippen molar-refractivity contribution in [3.63, 3.8) is 0 Å². The van der Waals surface area contributed by atoms with Crippen LogP contribution in [0, 0.1) is 5.92 Å². The van der Waals surface area contributed by atoms with Gasteiger partial charge in [-0.15, -0.1) is 22.7 Å². The molecule has 2 amide bonds. The largest absolute Gasteiger partial charge is 0.337 e. The van der Waals surface area contributed by atoms with Crippen molar-refractivity contribution < 1.29 is 4.79 Å². The molecule has 0 aliphatic carbocycles. The van der Waals surface area contributed by atoms with E-state index in [1.165, 1.54) is 22.6 Å². The van der Waals surface area contributed by atoms with Crippen LogP contribution in [0.25, 0.3) is 0 Å². The second kappa shape index (κ2) is 7.21. The topological polar surface area (TPSA) is 57.3 Å². The summed E-state index contributed by atoms with van der Waals surface area (Å²) in [5, 5.41) is 10.4. The molecule has 0 radical (unpaired) electrons. The maximum absolute atomic E-state index is 12.0. The van der Waals surface area contributed by atoms with Gasteiger partial charge < -0.3 is 5.32 Å². The monoisotopic (exact) mass is 336 g/mol. The lowest BCUT2D eigenvalue weighted by Gasteiger charge is -2.38. The number of carbonyl (C=O) groups is 1. The molecular formula is C15H20N4OS2. The number of carbonyl (C=O) groups excluding carboxylic acids is 1. The van der Waals surface area contributed by atoms with Gasteiger partial charge in [-0.3, -0.25) is 10.2 Å². The van der Waals surface area contributed by atoms with E-state index in [0.717, 1.165) is 13.0 Å². The van der Waals surface area contributed by atoms with E-state index in [4.69, 9.17) is 0 Å². The Hall–Kier alpha value is -1.44. The number of hydrogen-bond donors (Lipinski definition) is 2. The molecule has 3 heterocycles. The molecule has 1 saturated heterocycles. The van der Waals surface area contributed by atoms with Crippen LogP contribution in [0.5, 0.6) is 0 Å². The van der Waals surface area contributed by atoms with Crippen LogP contribution in [-0.4, -0.2) is 36.1 Å². The molecule has 2 N–H and O–H groups in total. The number of anilines is 1. The third-order valence-electron chi connectivity index (χ3n) is 4.02. The van der Waals surface area contributed by atoms with Crippen LogP contribution in [0.1, 0.15) is 23.8 Å². The smallest absolute Gasteiger partial charge is 0.321 e. The van der Waals surface area contributed by atoms with Crippen LogP contribution in [0.15, 0.2) is 29.1 Å². The van der Waals surface area contributed by atoms with Crippen molar-refractivity contribution >= 4 is 33.8 Å². The lowest BCUT2D eigenvalue weighted by atomic mass is 9.88. The van der Waals surface area contributed by atoms with E-state index in [1.807, 2.05) is 5.38 Å². The number of hydrogen-bond acceptors (Lipinski definition) is 5. The van der Waals surface area contributed by atoms with Gasteiger partial charge in [0.15, 0.2) is 5.13 Å². The van der Waals surface area contributed by atoms with Gasteiger partial charge in [0.05, 0.1) is 0 Å². The number of likely N-dealkylation sites (tertiary alicyclic amines) is 1. The van der Waals surface area contributed by atoms with Gasteiger partial charge in [-0.05, 0) is 43.8 Å². The van der Waals surface area contributed by atoms with Crippen molar-refractivity contribution in [3.8, 4) is 0 Å². The number of aromatic nitrogens is 1. The fraction of sp³-hybridized carbons (Fsp3) is 0.467. The summed E-state index contributed by atoms with van der Waals surface area (Å²) in [7, 11) is 2.17. The molecule has 0 aromatic carbocycles. The van der Waals surface area contributed by atoms with Crippen LogP contribution in [-0.2, 0) is 0 Å². The molecule has 0 saturated carbocycles. The number of rotatable bonds is 4. The SMILES string of the molecule is CN1CCC[C@H](CNC(=O)Nc2nccs2)[C@H]1c1cccs1. The third-order valence-corrected chi connectivity index (χ3v) is 5.65. The summed E-state index contributed by atoms with van der Waals surface area (Å²) in [4.78, 5) is 19.8. The van der Waals surface area contributed by atoms with E-state index in [0.29, 0.717) is 23.6 Å². The first-order valence-electron chi connectivity index (χ1n) is 7.42. The minimum Gasteiger partial charge on any atom is -0.337 e. The number of amides is 2. The molecule has 2 atom stereocenters. The number of thiophene rings is 1. The van der Waals surface area contributed by atoms with Crippen molar-refractivity contribution in [2.75, 3.05) is 25.5 Å². The summed E-state index contributed by atoms with van der Waals surface area (Å²) in [5.74, 6) is 0.444. The minimum atomic E-state index is -0.173. The first-order valence-corrected chi connectivity index (χ1v) is 9.18. The maximum atomic E-state index is 12.0. The summed E-state index contributed by atoms with van der Waals surface area (Å²) in [6.45, 7) is 1.80. The molecule has 0 bridgehead atoms. The zero-order chi connectivity index (χ0) is 15.4. The lowest BCUT2D eigenvalue weighted by molar-refractivity contribution is 0.123. The fourth-order valence-corrected chi connectivity index (χ4v) is 4.54. The summed E-state index contributed by atoms with van der Waals surface area (Å²) in [6.07, 6.45) is 4.01. The number of thiazole rings is 1. The highest BCUT2D eigenvalue weighted by molar-refractivity contribution is 7.13. The predicted molar refractivity (Wildman–Crippen MR) is 91.5 cm³/mol. The molecule has 22 heavy (non-hydrogen) atoms. The van der Waals surface area contributed by atoms with Crippen LogP contribution < -0.4 is 10.6 Å². The van der Waals surface area contributed by atoms with E-state index in [1.54, 1.807) is 17.5 Å². The Morgan fingerprint density at radius 1 is 1.45 bits per heavy atom. The van der Waals surface area contributed by atoms with Crippen molar-refractivity contribution in [1.82, 2.24) is 15.2 Å². The fourth-order valence-electron chi connectivity index (χ4n) is 3.03.